The van der Waals surface area contributed by atoms with Gasteiger partial charge in [0.15, 0.2) is 5.84 Å². The molecular weight excluding hydrogens is 232 g/mol. The lowest BCUT2D eigenvalue weighted by atomic mass is 10.3. The van der Waals surface area contributed by atoms with E-state index in [-0.39, 0.29) is 24.7 Å². The van der Waals surface area contributed by atoms with Gasteiger partial charge in [0, 0.05) is 6.20 Å². The van der Waals surface area contributed by atoms with E-state index in [0.29, 0.717) is 0 Å². The van der Waals surface area contributed by atoms with Crippen LogP contribution in [0.2, 0.25) is 0 Å². The highest BCUT2D eigenvalue weighted by Gasteiger charge is 2.25. The monoisotopic (exact) mass is 240 g/mol. The molecule has 0 saturated carbocycles. The van der Waals surface area contributed by atoms with Crippen molar-refractivity contribution >= 4 is 16.0 Å². The standard InChI is InChI=1S/C8H8N4O3S/c1-2-3-15-6-12-5-7(4-9)8(10)11-16(12,13)14/h1,5H,3,6H2,(H2,10,11). The minimum Gasteiger partial charge on any atom is -0.382 e. The SMILES string of the molecule is C#CCOCN1C=C(C#N)C(N)=NS1(=O)=O. The highest BCUT2D eigenvalue weighted by atomic mass is 32.2. The topological polar surface area (TPSA) is 109 Å². The van der Waals surface area contributed by atoms with E-state index in [2.05, 4.69) is 10.3 Å². The minimum atomic E-state index is -3.92. The van der Waals surface area contributed by atoms with Crippen molar-refractivity contribution in [3.8, 4) is 18.4 Å². The summed E-state index contributed by atoms with van der Waals surface area (Å²) in [5.41, 5.74) is 5.22. The first kappa shape index (κ1) is 12.0. The zero-order valence-corrected chi connectivity index (χ0v) is 8.94. The number of nitriles is 1. The average Bonchev–Trinajstić information content (AvgIpc) is 2.20. The van der Waals surface area contributed by atoms with E-state index in [1.165, 1.54) is 0 Å². The van der Waals surface area contributed by atoms with Crippen molar-refractivity contribution in [2.45, 2.75) is 0 Å². The molecule has 1 aliphatic rings. The predicted molar refractivity (Wildman–Crippen MR) is 55.7 cm³/mol. The van der Waals surface area contributed by atoms with Crippen molar-refractivity contribution in [2.75, 3.05) is 13.3 Å². The summed E-state index contributed by atoms with van der Waals surface area (Å²) in [5.74, 6) is 1.84. The smallest absolute Gasteiger partial charge is 0.348 e. The fourth-order valence-electron chi connectivity index (χ4n) is 0.887. The molecule has 1 heterocycles. The summed E-state index contributed by atoms with van der Waals surface area (Å²) in [4.78, 5) is 0. The zero-order chi connectivity index (χ0) is 12.2. The van der Waals surface area contributed by atoms with Crippen LogP contribution in [0.3, 0.4) is 0 Å². The molecule has 0 bridgehead atoms. The second-order valence-electron chi connectivity index (χ2n) is 2.68. The van der Waals surface area contributed by atoms with Crippen molar-refractivity contribution in [3.63, 3.8) is 0 Å². The number of terminal acetylenes is 1. The van der Waals surface area contributed by atoms with Gasteiger partial charge < -0.3 is 10.5 Å². The maximum absolute atomic E-state index is 11.4. The first-order chi connectivity index (χ1) is 7.51. The molecule has 0 amide bonds. The Morgan fingerprint density at radius 1 is 1.69 bits per heavy atom. The van der Waals surface area contributed by atoms with Gasteiger partial charge in [0.05, 0.1) is 0 Å². The van der Waals surface area contributed by atoms with Crippen LogP contribution in [0.15, 0.2) is 16.2 Å². The van der Waals surface area contributed by atoms with Crippen LogP contribution in [0.1, 0.15) is 0 Å². The van der Waals surface area contributed by atoms with Crippen molar-refractivity contribution in [1.29, 1.82) is 5.26 Å². The molecule has 0 fully saturated rings. The quantitative estimate of drug-likeness (QED) is 0.498. The molecule has 0 aromatic heterocycles. The molecule has 0 aliphatic carbocycles. The summed E-state index contributed by atoms with van der Waals surface area (Å²) in [6.45, 7) is -0.352. The summed E-state index contributed by atoms with van der Waals surface area (Å²) in [6, 6.07) is 1.72. The molecule has 0 spiro atoms. The highest BCUT2D eigenvalue weighted by Crippen LogP contribution is 2.13. The first-order valence-electron chi connectivity index (χ1n) is 4.02. The van der Waals surface area contributed by atoms with Crippen LogP contribution < -0.4 is 5.73 Å². The Morgan fingerprint density at radius 3 is 2.94 bits per heavy atom. The van der Waals surface area contributed by atoms with Gasteiger partial charge in [-0.05, 0) is 0 Å². The van der Waals surface area contributed by atoms with Crippen molar-refractivity contribution in [1.82, 2.24) is 4.31 Å². The highest BCUT2D eigenvalue weighted by molar-refractivity contribution is 7.88. The van der Waals surface area contributed by atoms with E-state index in [1.54, 1.807) is 6.07 Å². The maximum atomic E-state index is 11.4. The van der Waals surface area contributed by atoms with Crippen LogP contribution in [-0.4, -0.2) is 31.9 Å². The lowest BCUT2D eigenvalue weighted by Gasteiger charge is -2.20. The fraction of sp³-hybridized carbons (Fsp3) is 0.250. The molecule has 2 N–H and O–H groups in total. The van der Waals surface area contributed by atoms with E-state index < -0.39 is 10.2 Å². The Bertz CT molecular complexity index is 520. The van der Waals surface area contributed by atoms with Gasteiger partial charge in [0.2, 0.25) is 0 Å². The molecule has 8 heteroatoms. The molecule has 84 valence electrons. The predicted octanol–water partition coefficient (Wildman–Crippen LogP) is -1.08. The third-order valence-corrected chi connectivity index (χ3v) is 2.81. The Balaban J connectivity index is 2.90. The van der Waals surface area contributed by atoms with Crippen LogP contribution in [0.25, 0.3) is 0 Å². The maximum Gasteiger partial charge on any atom is 0.348 e. The lowest BCUT2D eigenvalue weighted by Crippen LogP contribution is -2.34. The lowest BCUT2D eigenvalue weighted by molar-refractivity contribution is 0.115. The third kappa shape index (κ3) is 2.51. The number of amidine groups is 1. The minimum absolute atomic E-state index is 0.0407. The molecule has 7 nitrogen and oxygen atoms in total. The molecule has 0 aromatic carbocycles. The van der Waals surface area contributed by atoms with Gasteiger partial charge in [-0.15, -0.1) is 10.8 Å². The summed E-state index contributed by atoms with van der Waals surface area (Å²) in [7, 11) is -3.92. The fourth-order valence-corrected chi connectivity index (χ4v) is 1.79. The van der Waals surface area contributed by atoms with E-state index in [1.807, 2.05) is 0 Å². The molecule has 0 atom stereocenters. The normalized spacial score (nSPS) is 18.0. The Kier molecular flexibility index (Phi) is 3.51. The van der Waals surface area contributed by atoms with Gasteiger partial charge in [0.25, 0.3) is 0 Å². The van der Waals surface area contributed by atoms with Crippen molar-refractivity contribution in [3.05, 3.63) is 11.8 Å². The van der Waals surface area contributed by atoms with Gasteiger partial charge in [0.1, 0.15) is 25.0 Å². The van der Waals surface area contributed by atoms with Crippen LogP contribution in [0.5, 0.6) is 0 Å². The second-order valence-corrected chi connectivity index (χ2v) is 4.22. The van der Waals surface area contributed by atoms with Crippen molar-refractivity contribution < 1.29 is 13.2 Å². The summed E-state index contributed by atoms with van der Waals surface area (Å²) < 4.78 is 31.6. The van der Waals surface area contributed by atoms with Crippen molar-refractivity contribution in [2.24, 2.45) is 10.1 Å². The van der Waals surface area contributed by atoms with Crippen LogP contribution in [-0.2, 0) is 14.9 Å². The van der Waals surface area contributed by atoms with Gasteiger partial charge >= 0.3 is 10.2 Å². The molecule has 1 rings (SSSR count). The van der Waals surface area contributed by atoms with E-state index in [0.717, 1.165) is 10.5 Å². The van der Waals surface area contributed by atoms with E-state index in [9.17, 15) is 8.42 Å². The van der Waals surface area contributed by atoms with Gasteiger partial charge in [-0.2, -0.15) is 13.7 Å². The number of hydrogen-bond acceptors (Lipinski definition) is 5. The number of nitrogens with two attached hydrogens (primary N) is 1. The number of rotatable bonds is 3. The molecule has 0 unspecified atom stereocenters. The molecule has 0 radical (unpaired) electrons. The first-order valence-corrected chi connectivity index (χ1v) is 5.41. The van der Waals surface area contributed by atoms with Crippen LogP contribution in [0, 0.1) is 23.7 Å². The molecule has 16 heavy (non-hydrogen) atoms. The number of hydrogen-bond donors (Lipinski definition) is 1. The number of ether oxygens (including phenoxy) is 1. The zero-order valence-electron chi connectivity index (χ0n) is 8.12. The Hall–Kier alpha value is -2.03. The Labute approximate surface area is 93.0 Å². The van der Waals surface area contributed by atoms with E-state index >= 15 is 0 Å². The van der Waals surface area contributed by atoms with Gasteiger partial charge in [-0.1, -0.05) is 5.92 Å². The van der Waals surface area contributed by atoms with Gasteiger partial charge in [-0.25, -0.2) is 4.31 Å². The molecule has 0 saturated heterocycles. The molecular formula is C8H8N4O3S. The van der Waals surface area contributed by atoms with Crippen LogP contribution in [0.4, 0.5) is 0 Å². The van der Waals surface area contributed by atoms with E-state index in [4.69, 9.17) is 22.2 Å². The Morgan fingerprint density at radius 2 is 2.38 bits per heavy atom. The average molecular weight is 240 g/mol. The largest absolute Gasteiger partial charge is 0.382 e. The summed E-state index contributed by atoms with van der Waals surface area (Å²) >= 11 is 0. The third-order valence-electron chi connectivity index (χ3n) is 1.58. The number of nitrogens with zero attached hydrogens (tertiary/aromatic N) is 3. The molecule has 1 aliphatic heterocycles. The summed E-state index contributed by atoms with van der Waals surface area (Å²) in [5, 5.41) is 8.65. The van der Waals surface area contributed by atoms with Gasteiger partial charge in [-0.3, -0.25) is 0 Å². The molecule has 0 aromatic rings. The van der Waals surface area contributed by atoms with Crippen LogP contribution >= 0.6 is 0 Å². The summed E-state index contributed by atoms with van der Waals surface area (Å²) in [6.07, 6.45) is 5.98. The second kappa shape index (κ2) is 4.66.